The van der Waals surface area contributed by atoms with Crippen LogP contribution in [0.15, 0.2) is 52.9 Å². The van der Waals surface area contributed by atoms with Crippen LogP contribution in [0.3, 0.4) is 0 Å². The molecular formula is C21H19N3O2S. The highest BCUT2D eigenvalue weighted by atomic mass is 32.1. The maximum atomic E-state index is 12.5. The van der Waals surface area contributed by atoms with Crippen LogP contribution in [0.25, 0.3) is 11.3 Å². The second-order valence-electron chi connectivity index (χ2n) is 6.63. The van der Waals surface area contributed by atoms with Gasteiger partial charge in [-0.3, -0.25) is 4.79 Å². The van der Waals surface area contributed by atoms with Crippen molar-refractivity contribution >= 4 is 28.1 Å². The van der Waals surface area contributed by atoms with Gasteiger partial charge in [0.25, 0.3) is 0 Å². The molecule has 0 spiro atoms. The fraction of sp³-hybridized carbons (Fsp3) is 0.190. The molecule has 0 saturated heterocycles. The van der Waals surface area contributed by atoms with Crippen LogP contribution in [0.2, 0.25) is 0 Å². The van der Waals surface area contributed by atoms with Crippen molar-refractivity contribution < 1.29 is 9.90 Å². The van der Waals surface area contributed by atoms with Gasteiger partial charge in [-0.1, -0.05) is 23.8 Å². The lowest BCUT2D eigenvalue weighted by Gasteiger charge is -2.22. The Morgan fingerprint density at radius 3 is 2.59 bits per heavy atom. The monoisotopic (exact) mass is 377 g/mol. The minimum Gasteiger partial charge on any atom is -0.508 e. The Morgan fingerprint density at radius 2 is 1.85 bits per heavy atom. The van der Waals surface area contributed by atoms with Gasteiger partial charge in [0.2, 0.25) is 11.0 Å². The fourth-order valence-corrected chi connectivity index (χ4v) is 3.96. The first-order valence-electron chi connectivity index (χ1n) is 8.74. The summed E-state index contributed by atoms with van der Waals surface area (Å²) in [6.07, 6.45) is 1.05. The Balaban J connectivity index is 1.68. The molecule has 0 saturated carbocycles. The molecule has 1 aliphatic heterocycles. The van der Waals surface area contributed by atoms with Crippen molar-refractivity contribution in [3.63, 3.8) is 0 Å². The van der Waals surface area contributed by atoms with Gasteiger partial charge in [-0.15, -0.1) is 11.3 Å². The van der Waals surface area contributed by atoms with Gasteiger partial charge in [-0.05, 0) is 43.7 Å². The molecule has 0 bridgehead atoms. The van der Waals surface area contributed by atoms with Gasteiger partial charge in [-0.2, -0.15) is 10.1 Å². The number of phenols is 1. The molecule has 5 nitrogen and oxygen atoms in total. The number of benzene rings is 2. The lowest BCUT2D eigenvalue weighted by atomic mass is 9.98. The fourth-order valence-electron chi connectivity index (χ4n) is 3.16. The Hall–Kier alpha value is -2.99. The van der Waals surface area contributed by atoms with Crippen LogP contribution in [0.5, 0.6) is 5.75 Å². The third-order valence-electron chi connectivity index (χ3n) is 4.56. The van der Waals surface area contributed by atoms with E-state index in [1.54, 1.807) is 24.3 Å². The number of thiazole rings is 1. The normalized spacial score (nSPS) is 14.4. The molecule has 2 aromatic carbocycles. The molecule has 1 aliphatic rings. The number of rotatable bonds is 3. The third kappa shape index (κ3) is 3.48. The summed E-state index contributed by atoms with van der Waals surface area (Å²) in [6.45, 7) is 4.13. The van der Waals surface area contributed by atoms with Crippen LogP contribution in [-0.2, 0) is 4.79 Å². The summed E-state index contributed by atoms with van der Waals surface area (Å²) in [5.74, 6) is 0.165. The van der Waals surface area contributed by atoms with Crippen molar-refractivity contribution in [2.75, 3.05) is 5.01 Å². The maximum Gasteiger partial charge on any atom is 0.249 e. The summed E-state index contributed by atoms with van der Waals surface area (Å²) in [6, 6.07) is 13.1. The first kappa shape index (κ1) is 17.4. The molecule has 27 heavy (non-hydrogen) atoms. The predicted molar refractivity (Wildman–Crippen MR) is 108 cm³/mol. The van der Waals surface area contributed by atoms with Gasteiger partial charge in [-0.25, -0.2) is 4.98 Å². The minimum atomic E-state index is -0.0462. The number of phenolic OH excluding ortho intramolecular Hbond substituents is 1. The molecule has 1 aromatic heterocycles. The standard InChI is InChI=1S/C21H19N3O2S/c1-13-3-8-17(14(2)11-13)18-9-10-20(26)24(23-18)21-22-19(12-27-21)15-4-6-16(25)7-5-15/h3-8,11-12,25H,9-10H2,1-2H3. The lowest BCUT2D eigenvalue weighted by molar-refractivity contribution is -0.118. The number of aromatic hydroxyl groups is 1. The number of aryl methyl sites for hydroxylation is 2. The molecule has 3 aromatic rings. The third-order valence-corrected chi connectivity index (χ3v) is 5.38. The van der Waals surface area contributed by atoms with Crippen LogP contribution < -0.4 is 5.01 Å². The van der Waals surface area contributed by atoms with Crippen molar-refractivity contribution in [2.24, 2.45) is 5.10 Å². The summed E-state index contributed by atoms with van der Waals surface area (Å²) in [4.78, 5) is 17.0. The number of aromatic nitrogens is 1. The first-order chi connectivity index (χ1) is 13.0. The van der Waals surface area contributed by atoms with Crippen molar-refractivity contribution in [3.05, 3.63) is 64.5 Å². The second-order valence-corrected chi connectivity index (χ2v) is 7.47. The smallest absolute Gasteiger partial charge is 0.249 e. The average Bonchev–Trinajstić information content (AvgIpc) is 3.13. The summed E-state index contributed by atoms with van der Waals surface area (Å²) in [5.41, 5.74) is 6.00. The van der Waals surface area contributed by atoms with E-state index in [1.807, 2.05) is 5.38 Å². The van der Waals surface area contributed by atoms with E-state index in [0.717, 1.165) is 28.1 Å². The summed E-state index contributed by atoms with van der Waals surface area (Å²) >= 11 is 1.39. The van der Waals surface area contributed by atoms with Crippen LogP contribution in [0.1, 0.15) is 29.5 Å². The summed E-state index contributed by atoms with van der Waals surface area (Å²) in [5, 5.41) is 17.9. The molecule has 0 aliphatic carbocycles. The molecule has 1 N–H and O–H groups in total. The number of anilines is 1. The van der Waals surface area contributed by atoms with E-state index in [4.69, 9.17) is 0 Å². The molecule has 0 radical (unpaired) electrons. The molecule has 0 fully saturated rings. The zero-order valence-electron chi connectivity index (χ0n) is 15.1. The van der Waals surface area contributed by atoms with Crippen molar-refractivity contribution in [2.45, 2.75) is 26.7 Å². The van der Waals surface area contributed by atoms with Crippen LogP contribution in [0.4, 0.5) is 5.13 Å². The molecular weight excluding hydrogens is 358 g/mol. The Bertz CT molecular complexity index is 1040. The number of carbonyl (C=O) groups is 1. The number of hydrazone groups is 1. The minimum absolute atomic E-state index is 0.0462. The van der Waals surface area contributed by atoms with Crippen molar-refractivity contribution in [1.82, 2.24) is 4.98 Å². The van der Waals surface area contributed by atoms with Crippen molar-refractivity contribution in [3.8, 4) is 17.0 Å². The SMILES string of the molecule is Cc1ccc(C2=NN(c3nc(-c4ccc(O)cc4)cs3)C(=O)CC2)c(C)c1. The quantitative estimate of drug-likeness (QED) is 0.722. The molecule has 6 heteroatoms. The van der Waals surface area contributed by atoms with E-state index in [9.17, 15) is 9.90 Å². The topological polar surface area (TPSA) is 65.8 Å². The van der Waals surface area contributed by atoms with Crippen molar-refractivity contribution in [1.29, 1.82) is 0 Å². The Kier molecular flexibility index (Phi) is 4.49. The predicted octanol–water partition coefficient (Wildman–Crippen LogP) is 4.66. The Labute approximate surface area is 161 Å². The molecule has 2 heterocycles. The average molecular weight is 377 g/mol. The first-order valence-corrected chi connectivity index (χ1v) is 9.62. The summed E-state index contributed by atoms with van der Waals surface area (Å²) < 4.78 is 0. The van der Waals surface area contributed by atoms with Gasteiger partial charge in [0.15, 0.2) is 0 Å². The van der Waals surface area contributed by atoms with E-state index in [-0.39, 0.29) is 11.7 Å². The number of hydrogen-bond donors (Lipinski definition) is 1. The van der Waals surface area contributed by atoms with Crippen LogP contribution in [-0.4, -0.2) is 21.7 Å². The van der Waals surface area contributed by atoms with Gasteiger partial charge in [0.05, 0.1) is 11.4 Å². The van der Waals surface area contributed by atoms with Gasteiger partial charge >= 0.3 is 0 Å². The van der Waals surface area contributed by atoms with E-state index < -0.39 is 0 Å². The zero-order valence-corrected chi connectivity index (χ0v) is 16.0. The van der Waals surface area contributed by atoms with E-state index in [2.05, 4.69) is 42.1 Å². The molecule has 136 valence electrons. The van der Waals surface area contributed by atoms with Crippen LogP contribution in [0, 0.1) is 13.8 Å². The van der Waals surface area contributed by atoms with E-state index >= 15 is 0 Å². The van der Waals surface area contributed by atoms with E-state index in [1.165, 1.54) is 21.9 Å². The molecule has 0 atom stereocenters. The van der Waals surface area contributed by atoms with Gasteiger partial charge < -0.3 is 5.11 Å². The highest BCUT2D eigenvalue weighted by Crippen LogP contribution is 2.31. The summed E-state index contributed by atoms with van der Waals surface area (Å²) in [7, 11) is 0. The number of carbonyl (C=O) groups excluding carboxylic acids is 1. The number of nitrogens with zero attached hydrogens (tertiary/aromatic N) is 3. The molecule has 4 rings (SSSR count). The van der Waals surface area contributed by atoms with E-state index in [0.29, 0.717) is 18.0 Å². The lowest BCUT2D eigenvalue weighted by Crippen LogP contribution is -2.32. The van der Waals surface area contributed by atoms with Crippen LogP contribution >= 0.6 is 11.3 Å². The molecule has 1 amide bonds. The highest BCUT2D eigenvalue weighted by Gasteiger charge is 2.25. The Morgan fingerprint density at radius 1 is 1.07 bits per heavy atom. The van der Waals surface area contributed by atoms with Gasteiger partial charge in [0, 0.05) is 29.3 Å². The van der Waals surface area contributed by atoms with Gasteiger partial charge in [0.1, 0.15) is 5.75 Å². The maximum absolute atomic E-state index is 12.5. The highest BCUT2D eigenvalue weighted by molar-refractivity contribution is 7.14. The zero-order chi connectivity index (χ0) is 19.0. The second kappa shape index (κ2) is 6.96. The molecule has 0 unspecified atom stereocenters. The number of amides is 1. The largest absolute Gasteiger partial charge is 0.508 e. The number of hydrogen-bond acceptors (Lipinski definition) is 5.